The first kappa shape index (κ1) is 16.1. The summed E-state index contributed by atoms with van der Waals surface area (Å²) >= 11 is 0. The molecule has 1 N–H and O–H groups in total. The maximum Gasteiger partial charge on any atom is 0.434 e. The standard InChI is InChI=1S/C9H15F4NO3/c1-4-5-6(15)8(10,9(11,12)13)7(16)14(2)17-3/h6,15H,4-5H2,1-3H3/t6-,8+/m0/s1. The van der Waals surface area contributed by atoms with Crippen LogP contribution >= 0.6 is 0 Å². The van der Waals surface area contributed by atoms with E-state index in [-0.39, 0.29) is 11.5 Å². The van der Waals surface area contributed by atoms with Gasteiger partial charge in [-0.3, -0.25) is 9.63 Å². The van der Waals surface area contributed by atoms with Crippen molar-refractivity contribution in [2.75, 3.05) is 14.2 Å². The first-order valence-corrected chi connectivity index (χ1v) is 4.88. The van der Waals surface area contributed by atoms with Crippen molar-refractivity contribution in [3.05, 3.63) is 0 Å². The van der Waals surface area contributed by atoms with Crippen molar-refractivity contribution in [3.63, 3.8) is 0 Å². The molecule has 0 aliphatic carbocycles. The maximum absolute atomic E-state index is 13.9. The van der Waals surface area contributed by atoms with E-state index in [0.717, 1.165) is 14.2 Å². The number of carbonyl (C=O) groups is 1. The van der Waals surface area contributed by atoms with Gasteiger partial charge < -0.3 is 5.11 Å². The Labute approximate surface area is 96.1 Å². The first-order valence-electron chi connectivity index (χ1n) is 4.88. The highest BCUT2D eigenvalue weighted by molar-refractivity contribution is 5.85. The smallest absolute Gasteiger partial charge is 0.389 e. The molecule has 0 aliphatic rings. The molecule has 0 radical (unpaired) electrons. The average molecular weight is 261 g/mol. The Hall–Kier alpha value is -0.890. The number of halogens is 4. The van der Waals surface area contributed by atoms with Crippen LogP contribution in [0.1, 0.15) is 19.8 Å². The molecule has 0 aromatic rings. The predicted molar refractivity (Wildman–Crippen MR) is 50.6 cm³/mol. The monoisotopic (exact) mass is 261 g/mol. The summed E-state index contributed by atoms with van der Waals surface area (Å²) in [6, 6.07) is 0. The third-order valence-corrected chi connectivity index (χ3v) is 2.30. The molecule has 1 amide bonds. The molecule has 102 valence electrons. The minimum atomic E-state index is -5.51. The number of hydrogen-bond donors (Lipinski definition) is 1. The van der Waals surface area contributed by atoms with Gasteiger partial charge in [-0.15, -0.1) is 0 Å². The number of hydroxylamine groups is 2. The van der Waals surface area contributed by atoms with Crippen molar-refractivity contribution in [1.82, 2.24) is 5.06 Å². The highest BCUT2D eigenvalue weighted by atomic mass is 19.4. The predicted octanol–water partition coefficient (Wildman–Crippen LogP) is 1.44. The fourth-order valence-electron chi connectivity index (χ4n) is 1.24. The lowest BCUT2D eigenvalue weighted by Gasteiger charge is -2.33. The van der Waals surface area contributed by atoms with Gasteiger partial charge in [-0.2, -0.15) is 13.2 Å². The van der Waals surface area contributed by atoms with Crippen molar-refractivity contribution in [2.45, 2.75) is 37.7 Å². The Morgan fingerprint density at radius 3 is 2.18 bits per heavy atom. The van der Waals surface area contributed by atoms with Gasteiger partial charge in [-0.25, -0.2) is 9.45 Å². The van der Waals surface area contributed by atoms with Gasteiger partial charge >= 0.3 is 11.8 Å². The van der Waals surface area contributed by atoms with E-state index in [1.807, 2.05) is 0 Å². The Morgan fingerprint density at radius 1 is 1.41 bits per heavy atom. The Morgan fingerprint density at radius 2 is 1.88 bits per heavy atom. The van der Waals surface area contributed by atoms with Gasteiger partial charge in [0.2, 0.25) is 0 Å². The molecule has 0 saturated carbocycles. The molecule has 0 fully saturated rings. The molecule has 0 spiro atoms. The molecule has 0 saturated heterocycles. The van der Waals surface area contributed by atoms with Gasteiger partial charge in [-0.05, 0) is 6.42 Å². The van der Waals surface area contributed by atoms with Crippen molar-refractivity contribution in [2.24, 2.45) is 0 Å². The van der Waals surface area contributed by atoms with E-state index in [2.05, 4.69) is 4.84 Å². The van der Waals surface area contributed by atoms with E-state index in [4.69, 9.17) is 0 Å². The van der Waals surface area contributed by atoms with Crippen LogP contribution in [0.5, 0.6) is 0 Å². The zero-order valence-electron chi connectivity index (χ0n) is 9.71. The summed E-state index contributed by atoms with van der Waals surface area (Å²) in [5.74, 6) is -1.98. The molecule has 8 heteroatoms. The van der Waals surface area contributed by atoms with Crippen LogP contribution in [0.2, 0.25) is 0 Å². The van der Waals surface area contributed by atoms with Gasteiger partial charge in [0, 0.05) is 7.05 Å². The zero-order chi connectivity index (χ0) is 13.9. The molecular formula is C9H15F4NO3. The van der Waals surface area contributed by atoms with Crippen LogP contribution in [-0.4, -0.2) is 48.2 Å². The Bertz CT molecular complexity index is 271. The second-order valence-corrected chi connectivity index (χ2v) is 3.50. The van der Waals surface area contributed by atoms with Gasteiger partial charge in [0.05, 0.1) is 7.11 Å². The molecule has 0 bridgehead atoms. The maximum atomic E-state index is 13.9. The van der Waals surface area contributed by atoms with E-state index in [1.54, 1.807) is 0 Å². The molecular weight excluding hydrogens is 246 g/mol. The Balaban J connectivity index is 5.33. The number of aliphatic hydroxyl groups excluding tert-OH is 1. The van der Waals surface area contributed by atoms with Crippen LogP contribution in [0.3, 0.4) is 0 Å². The molecule has 2 atom stereocenters. The van der Waals surface area contributed by atoms with Crippen LogP contribution in [0.15, 0.2) is 0 Å². The van der Waals surface area contributed by atoms with E-state index >= 15 is 0 Å². The second-order valence-electron chi connectivity index (χ2n) is 3.50. The van der Waals surface area contributed by atoms with E-state index in [9.17, 15) is 27.5 Å². The number of carbonyl (C=O) groups excluding carboxylic acids is 1. The Kier molecular flexibility index (Phi) is 5.34. The lowest BCUT2D eigenvalue weighted by molar-refractivity contribution is -0.268. The number of amides is 1. The van der Waals surface area contributed by atoms with E-state index in [1.165, 1.54) is 6.92 Å². The normalized spacial score (nSPS) is 17.4. The summed E-state index contributed by atoms with van der Waals surface area (Å²) in [7, 11) is 1.75. The highest BCUT2D eigenvalue weighted by Gasteiger charge is 2.67. The molecule has 0 unspecified atom stereocenters. The molecule has 4 nitrogen and oxygen atoms in total. The number of nitrogens with zero attached hydrogens (tertiary/aromatic N) is 1. The summed E-state index contributed by atoms with van der Waals surface area (Å²) in [5.41, 5.74) is -4.35. The molecule has 0 aliphatic heterocycles. The summed E-state index contributed by atoms with van der Waals surface area (Å²) in [4.78, 5) is 15.5. The number of hydrogen-bond acceptors (Lipinski definition) is 3. The quantitative estimate of drug-likeness (QED) is 0.601. The fourth-order valence-corrected chi connectivity index (χ4v) is 1.24. The third-order valence-electron chi connectivity index (χ3n) is 2.30. The zero-order valence-corrected chi connectivity index (χ0v) is 9.71. The minimum absolute atomic E-state index is 0.104. The van der Waals surface area contributed by atoms with Crippen LogP contribution in [0, 0.1) is 0 Å². The van der Waals surface area contributed by atoms with Gasteiger partial charge in [0.15, 0.2) is 0 Å². The number of rotatable bonds is 5. The van der Waals surface area contributed by atoms with Crippen LogP contribution < -0.4 is 0 Å². The van der Waals surface area contributed by atoms with E-state index < -0.39 is 30.3 Å². The van der Waals surface area contributed by atoms with Gasteiger partial charge in [0.25, 0.3) is 5.91 Å². The first-order chi connectivity index (χ1) is 7.62. The molecule has 0 rings (SSSR count). The van der Waals surface area contributed by atoms with Gasteiger partial charge in [0.1, 0.15) is 6.10 Å². The SMILES string of the molecule is CCC[C@H](O)[C@@](F)(C(=O)N(C)OC)C(F)(F)F. The van der Waals surface area contributed by atoms with E-state index in [0.29, 0.717) is 0 Å². The fraction of sp³-hybridized carbons (Fsp3) is 0.889. The van der Waals surface area contributed by atoms with Crippen molar-refractivity contribution in [3.8, 4) is 0 Å². The molecule has 0 aromatic heterocycles. The van der Waals surface area contributed by atoms with Crippen LogP contribution in [0.4, 0.5) is 17.6 Å². The van der Waals surface area contributed by atoms with Crippen LogP contribution in [-0.2, 0) is 9.63 Å². The largest absolute Gasteiger partial charge is 0.434 e. The third kappa shape index (κ3) is 3.06. The average Bonchev–Trinajstić information content (AvgIpc) is 2.24. The van der Waals surface area contributed by atoms with Crippen molar-refractivity contribution < 1.29 is 32.3 Å². The van der Waals surface area contributed by atoms with Crippen LogP contribution in [0.25, 0.3) is 0 Å². The molecule has 0 aromatic carbocycles. The highest BCUT2D eigenvalue weighted by Crippen LogP contribution is 2.39. The van der Waals surface area contributed by atoms with Gasteiger partial charge in [-0.1, -0.05) is 13.3 Å². The lowest BCUT2D eigenvalue weighted by Crippen LogP contribution is -2.60. The number of alkyl halides is 4. The summed E-state index contributed by atoms with van der Waals surface area (Å²) in [6.07, 6.45) is -8.35. The summed E-state index contributed by atoms with van der Waals surface area (Å²) in [5, 5.41) is 9.32. The number of aliphatic hydroxyl groups is 1. The topological polar surface area (TPSA) is 49.8 Å². The van der Waals surface area contributed by atoms with Crippen molar-refractivity contribution in [1.29, 1.82) is 0 Å². The summed E-state index contributed by atoms with van der Waals surface area (Å²) in [6.45, 7) is 1.46. The second kappa shape index (κ2) is 5.63. The molecule has 0 heterocycles. The summed E-state index contributed by atoms with van der Waals surface area (Å²) < 4.78 is 51.6. The van der Waals surface area contributed by atoms with Crippen molar-refractivity contribution >= 4 is 5.91 Å². The molecule has 17 heavy (non-hydrogen) atoms. The lowest BCUT2D eigenvalue weighted by atomic mass is 9.93. The minimum Gasteiger partial charge on any atom is -0.389 e.